The SMILES string of the molecule is CC1(C)C(CNC(=O)C2(CN)CCOCC2)C1(C)C. The third-order valence-electron chi connectivity index (χ3n) is 6.11. The van der Waals surface area contributed by atoms with E-state index in [1.807, 2.05) is 0 Å². The summed E-state index contributed by atoms with van der Waals surface area (Å²) in [5, 5.41) is 3.14. The zero-order valence-corrected chi connectivity index (χ0v) is 12.7. The largest absolute Gasteiger partial charge is 0.381 e. The third-order valence-corrected chi connectivity index (χ3v) is 6.11. The molecule has 3 N–H and O–H groups in total. The van der Waals surface area contributed by atoms with Gasteiger partial charge in [0.05, 0.1) is 5.41 Å². The maximum atomic E-state index is 12.5. The van der Waals surface area contributed by atoms with E-state index >= 15 is 0 Å². The fourth-order valence-electron chi connectivity index (χ4n) is 3.51. The number of nitrogens with two attached hydrogens (primary N) is 1. The second-order valence-corrected chi connectivity index (χ2v) is 7.30. The zero-order valence-electron chi connectivity index (χ0n) is 12.7. The van der Waals surface area contributed by atoms with E-state index < -0.39 is 5.41 Å². The molecule has 1 amide bonds. The van der Waals surface area contributed by atoms with E-state index in [9.17, 15) is 4.79 Å². The summed E-state index contributed by atoms with van der Waals surface area (Å²) < 4.78 is 5.35. The van der Waals surface area contributed by atoms with Gasteiger partial charge in [0.1, 0.15) is 0 Å². The molecule has 4 heteroatoms. The first-order valence-electron chi connectivity index (χ1n) is 7.34. The highest BCUT2D eigenvalue weighted by Crippen LogP contribution is 2.67. The van der Waals surface area contributed by atoms with Crippen molar-refractivity contribution >= 4 is 5.91 Å². The first-order valence-corrected chi connectivity index (χ1v) is 7.34. The van der Waals surface area contributed by atoms with Crippen molar-refractivity contribution in [3.63, 3.8) is 0 Å². The fourth-order valence-corrected chi connectivity index (χ4v) is 3.51. The summed E-state index contributed by atoms with van der Waals surface area (Å²) in [6, 6.07) is 0. The Kier molecular flexibility index (Phi) is 3.69. The van der Waals surface area contributed by atoms with Gasteiger partial charge in [-0.3, -0.25) is 4.79 Å². The highest BCUT2D eigenvalue weighted by Gasteiger charge is 2.64. The Morgan fingerprint density at radius 1 is 1.21 bits per heavy atom. The quantitative estimate of drug-likeness (QED) is 0.813. The molecule has 2 rings (SSSR count). The maximum Gasteiger partial charge on any atom is 0.227 e. The first kappa shape index (κ1) is 14.8. The van der Waals surface area contributed by atoms with Gasteiger partial charge in [-0.2, -0.15) is 0 Å². The summed E-state index contributed by atoms with van der Waals surface area (Å²) in [7, 11) is 0. The Balaban J connectivity index is 1.91. The number of nitrogens with one attached hydrogen (secondary N) is 1. The van der Waals surface area contributed by atoms with E-state index in [4.69, 9.17) is 10.5 Å². The van der Waals surface area contributed by atoms with Crippen LogP contribution in [0.15, 0.2) is 0 Å². The van der Waals surface area contributed by atoms with Crippen molar-refractivity contribution in [1.82, 2.24) is 5.32 Å². The molecular weight excluding hydrogens is 240 g/mol. The van der Waals surface area contributed by atoms with Crippen LogP contribution in [0.3, 0.4) is 0 Å². The van der Waals surface area contributed by atoms with Crippen molar-refractivity contribution in [3.05, 3.63) is 0 Å². The van der Waals surface area contributed by atoms with Gasteiger partial charge in [-0.25, -0.2) is 0 Å². The monoisotopic (exact) mass is 268 g/mol. The van der Waals surface area contributed by atoms with Gasteiger partial charge in [-0.1, -0.05) is 27.7 Å². The van der Waals surface area contributed by atoms with E-state index in [1.54, 1.807) is 0 Å². The van der Waals surface area contributed by atoms with Crippen LogP contribution in [-0.4, -0.2) is 32.2 Å². The Hall–Kier alpha value is -0.610. The standard InChI is InChI=1S/C15H28N2O2/c1-13(2)11(14(13,3)4)9-17-12(18)15(10-16)5-7-19-8-6-15/h11H,5-10,16H2,1-4H3,(H,17,18). The van der Waals surface area contributed by atoms with Crippen LogP contribution in [0.1, 0.15) is 40.5 Å². The van der Waals surface area contributed by atoms with E-state index in [-0.39, 0.29) is 5.91 Å². The van der Waals surface area contributed by atoms with Crippen LogP contribution in [0.4, 0.5) is 0 Å². The van der Waals surface area contributed by atoms with Crippen molar-refractivity contribution in [3.8, 4) is 0 Å². The molecule has 2 fully saturated rings. The lowest BCUT2D eigenvalue weighted by molar-refractivity contribution is -0.136. The van der Waals surface area contributed by atoms with E-state index in [1.165, 1.54) is 0 Å². The highest BCUT2D eigenvalue weighted by molar-refractivity contribution is 5.83. The van der Waals surface area contributed by atoms with Crippen LogP contribution in [0, 0.1) is 22.2 Å². The van der Waals surface area contributed by atoms with Crippen molar-refractivity contribution in [2.24, 2.45) is 27.9 Å². The van der Waals surface area contributed by atoms with Crippen molar-refractivity contribution in [1.29, 1.82) is 0 Å². The van der Waals surface area contributed by atoms with Gasteiger partial charge in [0, 0.05) is 26.3 Å². The Morgan fingerprint density at radius 3 is 2.16 bits per heavy atom. The van der Waals surface area contributed by atoms with Gasteiger partial charge in [0.15, 0.2) is 0 Å². The van der Waals surface area contributed by atoms with E-state index in [0.717, 1.165) is 19.4 Å². The van der Waals surface area contributed by atoms with Crippen LogP contribution >= 0.6 is 0 Å². The summed E-state index contributed by atoms with van der Waals surface area (Å²) in [5.41, 5.74) is 6.07. The lowest BCUT2D eigenvalue weighted by Crippen LogP contribution is -2.49. The average Bonchev–Trinajstić information content (AvgIpc) is 2.77. The molecule has 1 aliphatic carbocycles. The van der Waals surface area contributed by atoms with Crippen molar-refractivity contribution in [2.45, 2.75) is 40.5 Å². The van der Waals surface area contributed by atoms with Crippen LogP contribution in [0.2, 0.25) is 0 Å². The zero-order chi connectivity index (χ0) is 14.3. The van der Waals surface area contributed by atoms with E-state index in [2.05, 4.69) is 33.0 Å². The molecule has 0 aromatic rings. The molecule has 0 unspecified atom stereocenters. The number of hydrogen-bond donors (Lipinski definition) is 2. The predicted molar refractivity (Wildman–Crippen MR) is 75.6 cm³/mol. The summed E-state index contributed by atoms with van der Waals surface area (Å²) in [6.07, 6.45) is 1.49. The molecule has 2 aliphatic rings. The molecule has 0 aromatic carbocycles. The summed E-state index contributed by atoms with van der Waals surface area (Å²) >= 11 is 0. The van der Waals surface area contributed by atoms with Crippen LogP contribution in [-0.2, 0) is 9.53 Å². The number of hydrogen-bond acceptors (Lipinski definition) is 3. The molecule has 4 nitrogen and oxygen atoms in total. The number of carbonyl (C=O) groups excluding carboxylic acids is 1. The van der Waals surface area contributed by atoms with Gasteiger partial charge >= 0.3 is 0 Å². The molecule has 1 heterocycles. The van der Waals surface area contributed by atoms with Gasteiger partial charge < -0.3 is 15.8 Å². The normalized spacial score (nSPS) is 27.8. The molecule has 0 spiro atoms. The second kappa shape index (κ2) is 4.74. The molecule has 1 saturated heterocycles. The number of carbonyl (C=O) groups is 1. The van der Waals surface area contributed by atoms with Crippen LogP contribution in [0.25, 0.3) is 0 Å². The van der Waals surface area contributed by atoms with Crippen molar-refractivity contribution in [2.75, 3.05) is 26.3 Å². The summed E-state index contributed by atoms with van der Waals surface area (Å²) in [5.74, 6) is 0.676. The molecule has 110 valence electrons. The van der Waals surface area contributed by atoms with Gasteiger partial charge in [0.25, 0.3) is 0 Å². The number of rotatable bonds is 4. The minimum Gasteiger partial charge on any atom is -0.381 e. The van der Waals surface area contributed by atoms with Gasteiger partial charge in [0.2, 0.25) is 5.91 Å². The summed E-state index contributed by atoms with van der Waals surface area (Å²) in [6.45, 7) is 11.6. The lowest BCUT2D eigenvalue weighted by Gasteiger charge is -2.34. The molecule has 1 aliphatic heterocycles. The number of ether oxygens (including phenoxy) is 1. The Morgan fingerprint density at radius 2 is 1.74 bits per heavy atom. The first-order chi connectivity index (χ1) is 8.78. The van der Waals surface area contributed by atoms with Gasteiger partial charge in [-0.15, -0.1) is 0 Å². The minimum atomic E-state index is -0.401. The predicted octanol–water partition coefficient (Wildman–Crippen LogP) is 1.54. The summed E-state index contributed by atoms with van der Waals surface area (Å²) in [4.78, 5) is 12.5. The maximum absolute atomic E-state index is 12.5. The Labute approximate surface area is 116 Å². The minimum absolute atomic E-state index is 0.122. The molecular formula is C15H28N2O2. The molecule has 19 heavy (non-hydrogen) atoms. The smallest absolute Gasteiger partial charge is 0.227 e. The van der Waals surface area contributed by atoms with Gasteiger partial charge in [-0.05, 0) is 29.6 Å². The second-order valence-electron chi connectivity index (χ2n) is 7.30. The Bertz CT molecular complexity index is 343. The lowest BCUT2D eigenvalue weighted by atomic mass is 9.79. The molecule has 0 atom stereocenters. The van der Waals surface area contributed by atoms with E-state index in [0.29, 0.717) is 36.5 Å². The fraction of sp³-hybridized carbons (Fsp3) is 0.933. The third kappa shape index (κ3) is 2.29. The molecule has 0 bridgehead atoms. The molecule has 1 saturated carbocycles. The average molecular weight is 268 g/mol. The molecule has 0 radical (unpaired) electrons. The van der Waals surface area contributed by atoms with Crippen molar-refractivity contribution < 1.29 is 9.53 Å². The number of amides is 1. The van der Waals surface area contributed by atoms with Crippen LogP contribution < -0.4 is 11.1 Å². The van der Waals surface area contributed by atoms with Crippen LogP contribution in [0.5, 0.6) is 0 Å². The topological polar surface area (TPSA) is 64.4 Å². The molecule has 0 aromatic heterocycles. The highest BCUT2D eigenvalue weighted by atomic mass is 16.5.